The number of carbonyl (C=O) groups is 3. The number of ether oxygens (including phenoxy) is 2. The van der Waals surface area contributed by atoms with E-state index >= 15 is 0 Å². The van der Waals surface area contributed by atoms with E-state index in [1.807, 2.05) is 0 Å². The number of likely N-dealkylation sites (tertiary alicyclic amines) is 1. The van der Waals surface area contributed by atoms with Crippen molar-refractivity contribution in [2.45, 2.75) is 38.7 Å². The van der Waals surface area contributed by atoms with Crippen LogP contribution in [0.5, 0.6) is 11.5 Å². The predicted molar refractivity (Wildman–Crippen MR) is 98.5 cm³/mol. The highest BCUT2D eigenvalue weighted by molar-refractivity contribution is 6.07. The van der Waals surface area contributed by atoms with Crippen LogP contribution in [0.3, 0.4) is 0 Å². The second-order valence-corrected chi connectivity index (χ2v) is 7.22. The van der Waals surface area contributed by atoms with Crippen LogP contribution in [0.15, 0.2) is 18.2 Å². The third kappa shape index (κ3) is 4.83. The van der Waals surface area contributed by atoms with E-state index in [1.54, 1.807) is 6.07 Å². The lowest BCUT2D eigenvalue weighted by molar-refractivity contribution is -0.143. The van der Waals surface area contributed by atoms with Gasteiger partial charge in [-0.25, -0.2) is 0 Å². The second-order valence-electron chi connectivity index (χ2n) is 7.22. The first kappa shape index (κ1) is 21.0. The average Bonchev–Trinajstić information content (AvgIpc) is 2.93. The Morgan fingerprint density at radius 3 is 2.41 bits per heavy atom. The number of benzene rings is 1. The van der Waals surface area contributed by atoms with E-state index in [9.17, 15) is 23.2 Å². The second kappa shape index (κ2) is 9.19. The summed E-state index contributed by atoms with van der Waals surface area (Å²) >= 11 is 0. The van der Waals surface area contributed by atoms with Gasteiger partial charge in [0.25, 0.3) is 0 Å². The van der Waals surface area contributed by atoms with E-state index in [1.165, 1.54) is 19.2 Å². The molecule has 29 heavy (non-hydrogen) atoms. The Hall–Kier alpha value is -2.71. The van der Waals surface area contributed by atoms with Gasteiger partial charge in [0, 0.05) is 6.54 Å². The predicted octanol–water partition coefficient (Wildman–Crippen LogP) is 2.13. The zero-order valence-corrected chi connectivity index (χ0v) is 16.2. The number of hydrogen-bond donors (Lipinski definition) is 1. The average molecular weight is 410 g/mol. The maximum atomic E-state index is 12.5. The summed E-state index contributed by atoms with van der Waals surface area (Å²) in [6.07, 6.45) is 3.63. The first-order valence-electron chi connectivity index (χ1n) is 9.64. The monoisotopic (exact) mass is 410 g/mol. The van der Waals surface area contributed by atoms with Gasteiger partial charge in [-0.15, -0.1) is 0 Å². The molecule has 2 atom stereocenters. The van der Waals surface area contributed by atoms with Crippen LogP contribution in [0, 0.1) is 11.8 Å². The van der Waals surface area contributed by atoms with Crippen LogP contribution in [-0.2, 0) is 20.8 Å². The van der Waals surface area contributed by atoms with Gasteiger partial charge in [0.1, 0.15) is 6.54 Å². The molecule has 1 saturated carbocycles. The van der Waals surface area contributed by atoms with Crippen molar-refractivity contribution < 1.29 is 32.6 Å². The van der Waals surface area contributed by atoms with Gasteiger partial charge >= 0.3 is 6.61 Å². The molecule has 1 aliphatic carbocycles. The smallest absolute Gasteiger partial charge is 0.387 e. The van der Waals surface area contributed by atoms with Crippen molar-refractivity contribution in [1.82, 2.24) is 10.2 Å². The molecule has 3 rings (SSSR count). The molecule has 0 radical (unpaired) electrons. The van der Waals surface area contributed by atoms with Crippen LogP contribution < -0.4 is 14.8 Å². The number of methoxy groups -OCH3 is 1. The number of amides is 3. The number of rotatable bonds is 8. The first-order chi connectivity index (χ1) is 13.9. The third-order valence-electron chi connectivity index (χ3n) is 5.41. The van der Waals surface area contributed by atoms with Gasteiger partial charge in [-0.05, 0) is 37.0 Å². The molecule has 0 bridgehead atoms. The SMILES string of the molecule is COc1ccc(CCNC(=O)CN2C(=O)C3CCCCC3C2=O)cc1OC(F)F. The van der Waals surface area contributed by atoms with E-state index in [-0.39, 0.29) is 48.2 Å². The van der Waals surface area contributed by atoms with Crippen LogP contribution in [0.2, 0.25) is 0 Å². The lowest BCUT2D eigenvalue weighted by Gasteiger charge is -2.19. The number of nitrogens with zero attached hydrogens (tertiary/aromatic N) is 1. The molecule has 1 aliphatic heterocycles. The lowest BCUT2D eigenvalue weighted by Crippen LogP contribution is -2.41. The van der Waals surface area contributed by atoms with Crippen LogP contribution in [0.1, 0.15) is 31.2 Å². The number of fused-ring (bicyclic) bond motifs is 1. The largest absolute Gasteiger partial charge is 0.493 e. The topological polar surface area (TPSA) is 84.9 Å². The van der Waals surface area contributed by atoms with Crippen molar-refractivity contribution in [3.05, 3.63) is 23.8 Å². The number of halogens is 2. The maximum Gasteiger partial charge on any atom is 0.387 e. The Labute approximate surface area is 167 Å². The molecule has 9 heteroatoms. The molecule has 2 unspecified atom stereocenters. The molecule has 158 valence electrons. The fourth-order valence-corrected chi connectivity index (χ4v) is 4.00. The number of alkyl halides is 2. The summed E-state index contributed by atoms with van der Waals surface area (Å²) in [4.78, 5) is 38.1. The summed E-state index contributed by atoms with van der Waals surface area (Å²) < 4.78 is 34.4. The molecule has 1 aromatic carbocycles. The Bertz CT molecular complexity index is 762. The molecule has 0 aromatic heterocycles. The van der Waals surface area contributed by atoms with E-state index in [0.717, 1.165) is 17.7 Å². The molecule has 1 N–H and O–H groups in total. The highest BCUT2D eigenvalue weighted by atomic mass is 19.3. The molecular weight excluding hydrogens is 386 g/mol. The molecule has 1 aromatic rings. The molecule has 0 spiro atoms. The Kier molecular flexibility index (Phi) is 6.66. The Morgan fingerprint density at radius 2 is 1.83 bits per heavy atom. The Morgan fingerprint density at radius 1 is 1.17 bits per heavy atom. The minimum Gasteiger partial charge on any atom is -0.493 e. The Balaban J connectivity index is 1.51. The normalized spacial score (nSPS) is 21.3. The van der Waals surface area contributed by atoms with E-state index in [2.05, 4.69) is 10.1 Å². The molecule has 1 heterocycles. The quantitative estimate of drug-likeness (QED) is 0.664. The number of hydrogen-bond acceptors (Lipinski definition) is 5. The van der Waals surface area contributed by atoms with Gasteiger partial charge in [0.2, 0.25) is 17.7 Å². The molecule has 2 fully saturated rings. The molecule has 1 saturated heterocycles. The summed E-state index contributed by atoms with van der Waals surface area (Å²) in [5.41, 5.74) is 0.668. The van der Waals surface area contributed by atoms with Gasteiger partial charge in [-0.2, -0.15) is 8.78 Å². The molecular formula is C20H24F2N2O5. The first-order valence-corrected chi connectivity index (χ1v) is 9.64. The van der Waals surface area contributed by atoms with E-state index in [4.69, 9.17) is 4.74 Å². The summed E-state index contributed by atoms with van der Waals surface area (Å²) in [6, 6.07) is 4.62. The summed E-state index contributed by atoms with van der Waals surface area (Å²) in [5.74, 6) is -1.39. The number of imide groups is 1. The molecule has 7 nitrogen and oxygen atoms in total. The van der Waals surface area contributed by atoms with E-state index < -0.39 is 12.5 Å². The zero-order chi connectivity index (χ0) is 21.0. The van der Waals surface area contributed by atoms with Crippen LogP contribution in [0.4, 0.5) is 8.78 Å². The van der Waals surface area contributed by atoms with Gasteiger partial charge in [-0.3, -0.25) is 19.3 Å². The van der Waals surface area contributed by atoms with Crippen molar-refractivity contribution >= 4 is 17.7 Å². The highest BCUT2D eigenvalue weighted by Gasteiger charge is 2.48. The van der Waals surface area contributed by atoms with Crippen molar-refractivity contribution in [3.63, 3.8) is 0 Å². The van der Waals surface area contributed by atoms with Gasteiger partial charge in [0.05, 0.1) is 18.9 Å². The maximum absolute atomic E-state index is 12.5. The van der Waals surface area contributed by atoms with Gasteiger partial charge in [0.15, 0.2) is 11.5 Å². The van der Waals surface area contributed by atoms with Gasteiger partial charge < -0.3 is 14.8 Å². The zero-order valence-electron chi connectivity index (χ0n) is 16.2. The standard InChI is InChI=1S/C20H24F2N2O5/c1-28-15-7-6-12(10-16(15)29-20(21)22)8-9-23-17(25)11-24-18(26)13-4-2-3-5-14(13)19(24)27/h6-7,10,13-14,20H,2-5,8-9,11H2,1H3,(H,23,25). The molecule has 3 amide bonds. The van der Waals surface area contributed by atoms with Crippen LogP contribution >= 0.6 is 0 Å². The fourth-order valence-electron chi connectivity index (χ4n) is 4.00. The van der Waals surface area contributed by atoms with E-state index in [0.29, 0.717) is 24.8 Å². The molecule has 2 aliphatic rings. The van der Waals surface area contributed by atoms with Crippen LogP contribution in [-0.4, -0.2) is 49.4 Å². The summed E-state index contributed by atoms with van der Waals surface area (Å²) in [6.45, 7) is -3.03. The number of carbonyl (C=O) groups excluding carboxylic acids is 3. The van der Waals surface area contributed by atoms with Crippen molar-refractivity contribution in [2.24, 2.45) is 11.8 Å². The summed E-state index contributed by atoms with van der Waals surface area (Å²) in [7, 11) is 1.35. The highest BCUT2D eigenvalue weighted by Crippen LogP contribution is 2.37. The lowest BCUT2D eigenvalue weighted by atomic mass is 9.81. The fraction of sp³-hybridized carbons (Fsp3) is 0.550. The minimum absolute atomic E-state index is 0.0813. The number of nitrogens with one attached hydrogen (secondary N) is 1. The van der Waals surface area contributed by atoms with Crippen molar-refractivity contribution in [1.29, 1.82) is 0 Å². The summed E-state index contributed by atoms with van der Waals surface area (Å²) in [5, 5.41) is 2.66. The van der Waals surface area contributed by atoms with Crippen LogP contribution in [0.25, 0.3) is 0 Å². The van der Waals surface area contributed by atoms with Crippen molar-refractivity contribution in [3.8, 4) is 11.5 Å². The van der Waals surface area contributed by atoms with Crippen molar-refractivity contribution in [2.75, 3.05) is 20.2 Å². The third-order valence-corrected chi connectivity index (χ3v) is 5.41. The minimum atomic E-state index is -2.97. The van der Waals surface area contributed by atoms with Gasteiger partial charge in [-0.1, -0.05) is 18.9 Å².